The molecule has 0 aliphatic rings. The smallest absolute Gasteiger partial charge is 0.323 e. The molecule has 3 rings (SSSR count). The summed E-state index contributed by atoms with van der Waals surface area (Å²) >= 11 is 0. The Hall–Kier alpha value is -3.02. The molecule has 0 spiro atoms. The van der Waals surface area contributed by atoms with Crippen molar-refractivity contribution >= 4 is 22.9 Å². The number of fused-ring (bicyclic) bond motifs is 1. The predicted molar refractivity (Wildman–Crippen MR) is 85.7 cm³/mol. The first-order valence-electron chi connectivity index (χ1n) is 6.68. The zero-order valence-corrected chi connectivity index (χ0v) is 12.2. The van der Waals surface area contributed by atoms with Gasteiger partial charge in [0, 0.05) is 6.21 Å². The van der Waals surface area contributed by atoms with Crippen LogP contribution < -0.4 is 15.2 Å². The average Bonchev–Trinajstić information content (AvgIpc) is 2.91. The second kappa shape index (κ2) is 5.77. The van der Waals surface area contributed by atoms with Crippen molar-refractivity contribution in [1.29, 1.82) is 0 Å². The summed E-state index contributed by atoms with van der Waals surface area (Å²) in [7, 11) is 3.19. The van der Waals surface area contributed by atoms with Crippen LogP contribution >= 0.6 is 0 Å². The van der Waals surface area contributed by atoms with Gasteiger partial charge in [-0.25, -0.2) is 4.79 Å². The van der Waals surface area contributed by atoms with E-state index < -0.39 is 0 Å². The van der Waals surface area contributed by atoms with Crippen LogP contribution in [0.2, 0.25) is 0 Å². The van der Waals surface area contributed by atoms with Gasteiger partial charge in [0.15, 0.2) is 11.5 Å². The molecule has 2 aromatic carbocycles. The van der Waals surface area contributed by atoms with Gasteiger partial charge in [-0.1, -0.05) is 0 Å². The van der Waals surface area contributed by atoms with Crippen molar-refractivity contribution in [3.8, 4) is 11.5 Å². The van der Waals surface area contributed by atoms with Gasteiger partial charge in [-0.3, -0.25) is 4.99 Å². The molecule has 0 saturated carbocycles. The lowest BCUT2D eigenvalue weighted by atomic mass is 10.2. The minimum atomic E-state index is -0.226. The second-order valence-corrected chi connectivity index (χ2v) is 4.68. The number of nitrogens with zero attached hydrogens (tertiary/aromatic N) is 1. The topological polar surface area (TPSA) is 79.5 Å². The second-order valence-electron chi connectivity index (χ2n) is 4.68. The van der Waals surface area contributed by atoms with Crippen molar-refractivity contribution in [3.05, 3.63) is 52.4 Å². The monoisotopic (exact) mass is 297 g/mol. The Kier molecular flexibility index (Phi) is 3.65. The largest absolute Gasteiger partial charge is 0.493 e. The number of methoxy groups -OCH3 is 2. The van der Waals surface area contributed by atoms with Crippen molar-refractivity contribution in [2.45, 2.75) is 0 Å². The third-order valence-electron chi connectivity index (χ3n) is 3.27. The Labute approximate surface area is 126 Å². The number of hydrogen-bond acceptors (Lipinski definition) is 4. The molecule has 1 heterocycles. The molecule has 112 valence electrons. The van der Waals surface area contributed by atoms with E-state index in [0.717, 1.165) is 22.3 Å². The standard InChI is InChI=1S/C16H15N3O3/c1-21-14-6-3-10(7-15(14)22-2)9-17-11-4-5-12-13(8-11)19-16(20)18-12/h3-9H,1-2H3,(H2,18,19,20). The van der Waals surface area contributed by atoms with Gasteiger partial charge in [-0.05, 0) is 42.0 Å². The van der Waals surface area contributed by atoms with Crippen molar-refractivity contribution < 1.29 is 9.47 Å². The lowest BCUT2D eigenvalue weighted by Gasteiger charge is -2.07. The van der Waals surface area contributed by atoms with Crippen LogP contribution in [-0.4, -0.2) is 30.4 Å². The normalized spacial score (nSPS) is 11.2. The fourth-order valence-corrected chi connectivity index (χ4v) is 2.18. The van der Waals surface area contributed by atoms with E-state index in [-0.39, 0.29) is 5.69 Å². The molecule has 0 bridgehead atoms. The van der Waals surface area contributed by atoms with Crippen molar-refractivity contribution in [2.24, 2.45) is 4.99 Å². The summed E-state index contributed by atoms with van der Waals surface area (Å²) in [5.41, 5.74) is 2.90. The molecule has 0 saturated heterocycles. The number of rotatable bonds is 4. The van der Waals surface area contributed by atoms with Crippen molar-refractivity contribution in [2.75, 3.05) is 14.2 Å². The van der Waals surface area contributed by atoms with Crippen LogP contribution in [0.1, 0.15) is 5.56 Å². The van der Waals surface area contributed by atoms with Crippen LogP contribution in [-0.2, 0) is 0 Å². The van der Waals surface area contributed by atoms with Crippen LogP contribution in [0.5, 0.6) is 11.5 Å². The number of hydrogen-bond donors (Lipinski definition) is 2. The number of imidazole rings is 1. The Bertz CT molecular complexity index is 893. The molecule has 0 aliphatic carbocycles. The van der Waals surface area contributed by atoms with Gasteiger partial charge in [0.1, 0.15) is 0 Å². The molecule has 2 N–H and O–H groups in total. The molecule has 3 aromatic rings. The number of aromatic nitrogens is 2. The highest BCUT2D eigenvalue weighted by molar-refractivity contribution is 5.85. The Morgan fingerprint density at radius 1 is 0.955 bits per heavy atom. The number of aliphatic imine (C=N–C) groups is 1. The van der Waals surface area contributed by atoms with E-state index in [1.54, 1.807) is 20.4 Å². The quantitative estimate of drug-likeness (QED) is 0.726. The third kappa shape index (κ3) is 2.71. The highest BCUT2D eigenvalue weighted by Crippen LogP contribution is 2.27. The number of aromatic amines is 2. The molecule has 0 amide bonds. The first-order chi connectivity index (χ1) is 10.7. The molecule has 1 aromatic heterocycles. The van der Waals surface area contributed by atoms with E-state index in [1.165, 1.54) is 0 Å². The summed E-state index contributed by atoms with van der Waals surface area (Å²) < 4.78 is 10.5. The lowest BCUT2D eigenvalue weighted by Crippen LogP contribution is -1.99. The third-order valence-corrected chi connectivity index (χ3v) is 3.27. The molecule has 0 fully saturated rings. The average molecular weight is 297 g/mol. The minimum absolute atomic E-state index is 0.226. The Morgan fingerprint density at radius 2 is 1.73 bits per heavy atom. The van der Waals surface area contributed by atoms with Gasteiger partial charge < -0.3 is 19.4 Å². The number of nitrogens with one attached hydrogen (secondary N) is 2. The van der Waals surface area contributed by atoms with Gasteiger partial charge in [0.05, 0.1) is 30.9 Å². The lowest BCUT2D eigenvalue weighted by molar-refractivity contribution is 0.355. The summed E-state index contributed by atoms with van der Waals surface area (Å²) in [5.74, 6) is 1.32. The van der Waals surface area contributed by atoms with Gasteiger partial charge in [0.2, 0.25) is 0 Å². The van der Waals surface area contributed by atoms with Gasteiger partial charge >= 0.3 is 5.69 Å². The zero-order chi connectivity index (χ0) is 15.5. The summed E-state index contributed by atoms with van der Waals surface area (Å²) in [6.45, 7) is 0. The SMILES string of the molecule is COc1ccc(C=Nc2ccc3[nH]c(=O)[nH]c3c2)cc1OC. The minimum Gasteiger partial charge on any atom is -0.493 e. The molecule has 0 radical (unpaired) electrons. The number of ether oxygens (including phenoxy) is 2. The Balaban J connectivity index is 1.90. The van der Waals surface area contributed by atoms with E-state index in [0.29, 0.717) is 11.5 Å². The van der Waals surface area contributed by atoms with E-state index >= 15 is 0 Å². The fraction of sp³-hybridized carbons (Fsp3) is 0.125. The predicted octanol–water partition coefficient (Wildman–Crippen LogP) is 2.62. The first-order valence-corrected chi connectivity index (χ1v) is 6.68. The maximum Gasteiger partial charge on any atom is 0.323 e. The van der Waals surface area contributed by atoms with E-state index in [2.05, 4.69) is 15.0 Å². The molecular formula is C16H15N3O3. The molecule has 0 unspecified atom stereocenters. The summed E-state index contributed by atoms with van der Waals surface area (Å²) in [4.78, 5) is 21.0. The zero-order valence-electron chi connectivity index (χ0n) is 12.2. The molecule has 22 heavy (non-hydrogen) atoms. The maximum atomic E-state index is 11.2. The molecule has 0 aliphatic heterocycles. The highest BCUT2D eigenvalue weighted by atomic mass is 16.5. The van der Waals surface area contributed by atoms with Crippen LogP contribution in [0, 0.1) is 0 Å². The van der Waals surface area contributed by atoms with E-state index in [4.69, 9.17) is 9.47 Å². The Morgan fingerprint density at radius 3 is 2.50 bits per heavy atom. The van der Waals surface area contributed by atoms with Crippen LogP contribution in [0.4, 0.5) is 5.69 Å². The summed E-state index contributed by atoms with van der Waals surface area (Å²) in [5, 5.41) is 0. The molecule has 0 atom stereocenters. The van der Waals surface area contributed by atoms with Gasteiger partial charge in [0.25, 0.3) is 0 Å². The van der Waals surface area contributed by atoms with Crippen LogP contribution in [0.25, 0.3) is 11.0 Å². The van der Waals surface area contributed by atoms with E-state index in [9.17, 15) is 4.79 Å². The van der Waals surface area contributed by atoms with Crippen LogP contribution in [0.15, 0.2) is 46.2 Å². The highest BCUT2D eigenvalue weighted by Gasteiger charge is 2.03. The molecular weight excluding hydrogens is 282 g/mol. The first kappa shape index (κ1) is 13.9. The summed E-state index contributed by atoms with van der Waals surface area (Å²) in [6, 6.07) is 11.0. The van der Waals surface area contributed by atoms with E-state index in [1.807, 2.05) is 36.4 Å². The van der Waals surface area contributed by atoms with Crippen molar-refractivity contribution in [1.82, 2.24) is 9.97 Å². The fourth-order valence-electron chi connectivity index (χ4n) is 2.18. The van der Waals surface area contributed by atoms with Gasteiger partial charge in [-0.2, -0.15) is 0 Å². The molecule has 6 heteroatoms. The van der Waals surface area contributed by atoms with Gasteiger partial charge in [-0.15, -0.1) is 0 Å². The number of H-pyrrole nitrogens is 2. The maximum absolute atomic E-state index is 11.2. The summed E-state index contributed by atoms with van der Waals surface area (Å²) in [6.07, 6.45) is 1.73. The molecule has 6 nitrogen and oxygen atoms in total. The van der Waals surface area contributed by atoms with Crippen LogP contribution in [0.3, 0.4) is 0 Å². The number of benzene rings is 2. The van der Waals surface area contributed by atoms with Crippen molar-refractivity contribution in [3.63, 3.8) is 0 Å².